The van der Waals surface area contributed by atoms with Crippen LogP contribution in [0.5, 0.6) is 0 Å². The Morgan fingerprint density at radius 2 is 0.976 bits per heavy atom. The second kappa shape index (κ2) is 8.14. The zero-order valence-electron chi connectivity index (χ0n) is 22.8. The first kappa shape index (κ1) is 22.4. The van der Waals surface area contributed by atoms with Crippen LogP contribution in [0.2, 0.25) is 0 Å². The molecule has 10 rings (SSSR count). The first-order valence-electron chi connectivity index (χ1n) is 14.6. The third-order valence-electron chi connectivity index (χ3n) is 9.21. The minimum atomic E-state index is 0.611. The molecule has 2 aliphatic carbocycles. The summed E-state index contributed by atoms with van der Waals surface area (Å²) < 4.78 is 8.71. The Balaban J connectivity index is 1.31. The van der Waals surface area contributed by atoms with E-state index in [1.807, 2.05) is 36.4 Å². The van der Waals surface area contributed by atoms with Gasteiger partial charge in [-0.2, -0.15) is 9.97 Å². The van der Waals surface area contributed by atoms with Gasteiger partial charge < -0.3 is 4.42 Å². The summed E-state index contributed by atoms with van der Waals surface area (Å²) in [6.45, 7) is 0. The van der Waals surface area contributed by atoms with Gasteiger partial charge in [-0.15, -0.1) is 0 Å². The second-order valence-corrected chi connectivity index (χ2v) is 11.6. The summed E-state index contributed by atoms with van der Waals surface area (Å²) in [5.74, 6) is 1.92. The molecular weight excluding hydrogens is 516 g/mol. The van der Waals surface area contributed by atoms with E-state index in [9.17, 15) is 0 Å². The highest BCUT2D eigenvalue weighted by molar-refractivity contribution is 6.17. The number of rotatable bonds is 3. The lowest BCUT2D eigenvalue weighted by molar-refractivity contribution is 0.666. The highest BCUT2D eigenvalue weighted by Gasteiger charge is 2.24. The fourth-order valence-electron chi connectivity index (χ4n) is 6.78. The van der Waals surface area contributed by atoms with Crippen LogP contribution in [-0.4, -0.2) is 19.5 Å². The summed E-state index contributed by atoms with van der Waals surface area (Å²) in [5, 5.41) is 4.79. The summed E-state index contributed by atoms with van der Waals surface area (Å²) in [7, 11) is 0. The maximum atomic E-state index is 6.50. The summed E-state index contributed by atoms with van der Waals surface area (Å²) in [4.78, 5) is 15.1. The van der Waals surface area contributed by atoms with Crippen molar-refractivity contribution in [3.8, 4) is 28.7 Å². The third kappa shape index (κ3) is 3.10. The number of hydrogen-bond acceptors (Lipinski definition) is 4. The molecule has 8 aromatic rings. The van der Waals surface area contributed by atoms with E-state index in [-0.39, 0.29) is 0 Å². The second-order valence-electron chi connectivity index (χ2n) is 11.6. The molecule has 0 amide bonds. The molecule has 0 N–H and O–H groups in total. The molecule has 0 fully saturated rings. The van der Waals surface area contributed by atoms with E-state index in [1.54, 1.807) is 0 Å². The summed E-state index contributed by atoms with van der Waals surface area (Å²) in [6, 6.07) is 34.1. The maximum Gasteiger partial charge on any atom is 0.238 e. The number of nitrogens with zero attached hydrogens (tertiary/aromatic N) is 4. The SMILES string of the molecule is c1ccc(-c2nc(-c3ccccc3)nc(-n3c4cc5c(cc4c4cc6c(cc43)oc3cc4c(cc36)CC4)CC5)n2)cc1. The van der Waals surface area contributed by atoms with Gasteiger partial charge in [0.15, 0.2) is 11.6 Å². The minimum absolute atomic E-state index is 0.611. The van der Waals surface area contributed by atoms with Gasteiger partial charge in [0, 0.05) is 38.7 Å². The van der Waals surface area contributed by atoms with E-state index in [2.05, 4.69) is 65.2 Å². The summed E-state index contributed by atoms with van der Waals surface area (Å²) in [6.07, 6.45) is 4.52. The fraction of sp³-hybridized carbons (Fsp3) is 0.108. The van der Waals surface area contributed by atoms with E-state index >= 15 is 0 Å². The predicted molar refractivity (Wildman–Crippen MR) is 167 cm³/mol. The maximum absolute atomic E-state index is 6.50. The van der Waals surface area contributed by atoms with E-state index in [0.29, 0.717) is 17.6 Å². The topological polar surface area (TPSA) is 56.7 Å². The van der Waals surface area contributed by atoms with Crippen molar-refractivity contribution in [1.29, 1.82) is 0 Å². The Kier molecular flexibility index (Phi) is 4.34. The molecule has 42 heavy (non-hydrogen) atoms. The predicted octanol–water partition coefficient (Wildman–Crippen LogP) is 8.40. The molecule has 3 heterocycles. The van der Waals surface area contributed by atoms with Crippen molar-refractivity contribution in [2.24, 2.45) is 0 Å². The number of aryl methyl sites for hydroxylation is 4. The van der Waals surface area contributed by atoms with Crippen molar-refractivity contribution in [3.63, 3.8) is 0 Å². The van der Waals surface area contributed by atoms with Gasteiger partial charge in [0.05, 0.1) is 11.0 Å². The molecule has 0 saturated heterocycles. The Hall–Kier alpha value is -5.29. The van der Waals surface area contributed by atoms with Gasteiger partial charge in [-0.25, -0.2) is 4.98 Å². The number of fused-ring (bicyclic) bond motifs is 8. The van der Waals surface area contributed by atoms with Gasteiger partial charge in [-0.3, -0.25) is 4.57 Å². The monoisotopic (exact) mass is 540 g/mol. The van der Waals surface area contributed by atoms with Gasteiger partial charge >= 0.3 is 0 Å². The fourth-order valence-corrected chi connectivity index (χ4v) is 6.78. The molecule has 0 saturated carbocycles. The third-order valence-corrected chi connectivity index (χ3v) is 9.21. The molecule has 5 aromatic carbocycles. The zero-order chi connectivity index (χ0) is 27.4. The van der Waals surface area contributed by atoms with Crippen LogP contribution < -0.4 is 0 Å². The lowest BCUT2D eigenvalue weighted by Crippen LogP contribution is -2.09. The highest BCUT2D eigenvalue weighted by Crippen LogP contribution is 2.42. The van der Waals surface area contributed by atoms with Crippen molar-refractivity contribution in [3.05, 3.63) is 119 Å². The summed E-state index contributed by atoms with van der Waals surface area (Å²) in [5.41, 5.74) is 11.6. The van der Waals surface area contributed by atoms with Crippen molar-refractivity contribution in [2.45, 2.75) is 25.7 Å². The number of benzene rings is 5. The van der Waals surface area contributed by atoms with Gasteiger partial charge in [0.2, 0.25) is 5.95 Å². The smallest absolute Gasteiger partial charge is 0.238 e. The largest absolute Gasteiger partial charge is 0.456 e. The minimum Gasteiger partial charge on any atom is -0.456 e. The standard InChI is InChI=1S/C37H24N4O/c1-3-7-21(8-4-1)35-38-36(22-9-5-2-6-10-22)40-37(39-35)41-31-17-25-13-11-23(25)15-27(31)28-19-30-29-16-24-12-14-26(24)18-33(29)42-34(30)20-32(28)41/h1-10,15-20H,11-14H2. The van der Waals surface area contributed by atoms with Crippen LogP contribution in [0.4, 0.5) is 0 Å². The van der Waals surface area contributed by atoms with E-state index in [1.165, 1.54) is 43.8 Å². The average molecular weight is 541 g/mol. The Bertz CT molecular complexity index is 2340. The molecule has 2 aliphatic rings. The molecule has 3 aromatic heterocycles. The van der Waals surface area contributed by atoms with Crippen LogP contribution in [0.1, 0.15) is 22.3 Å². The molecular formula is C37H24N4O. The first-order valence-corrected chi connectivity index (χ1v) is 14.6. The van der Waals surface area contributed by atoms with Crippen LogP contribution in [0.25, 0.3) is 72.5 Å². The number of aromatic nitrogens is 4. The average Bonchev–Trinajstić information content (AvgIpc) is 3.52. The molecule has 5 nitrogen and oxygen atoms in total. The Morgan fingerprint density at radius 3 is 1.62 bits per heavy atom. The first-order chi connectivity index (χ1) is 20.8. The lowest BCUT2D eigenvalue weighted by atomic mass is 9.87. The lowest BCUT2D eigenvalue weighted by Gasteiger charge is -2.19. The van der Waals surface area contributed by atoms with Crippen molar-refractivity contribution in [1.82, 2.24) is 19.5 Å². The molecule has 5 heteroatoms. The van der Waals surface area contributed by atoms with Crippen LogP contribution in [0.15, 0.2) is 101 Å². The van der Waals surface area contributed by atoms with Crippen LogP contribution >= 0.6 is 0 Å². The van der Waals surface area contributed by atoms with Gasteiger partial charge in [-0.05, 0) is 78.3 Å². The quantitative estimate of drug-likeness (QED) is 0.226. The number of furan rings is 1. The van der Waals surface area contributed by atoms with Gasteiger partial charge in [0.25, 0.3) is 0 Å². The van der Waals surface area contributed by atoms with Crippen LogP contribution in [-0.2, 0) is 25.7 Å². The van der Waals surface area contributed by atoms with Crippen molar-refractivity contribution >= 4 is 43.7 Å². The van der Waals surface area contributed by atoms with Crippen LogP contribution in [0.3, 0.4) is 0 Å². The Morgan fingerprint density at radius 1 is 0.476 bits per heavy atom. The van der Waals surface area contributed by atoms with E-state index in [0.717, 1.165) is 59.0 Å². The summed E-state index contributed by atoms with van der Waals surface area (Å²) >= 11 is 0. The van der Waals surface area contributed by atoms with Crippen molar-refractivity contribution < 1.29 is 4.42 Å². The molecule has 0 bridgehead atoms. The van der Waals surface area contributed by atoms with Gasteiger partial charge in [-0.1, -0.05) is 60.7 Å². The molecule has 0 aliphatic heterocycles. The molecule has 0 radical (unpaired) electrons. The number of hydrogen-bond donors (Lipinski definition) is 0. The Labute approximate surface area is 241 Å². The highest BCUT2D eigenvalue weighted by atomic mass is 16.3. The molecule has 0 unspecified atom stereocenters. The molecule has 0 atom stereocenters. The van der Waals surface area contributed by atoms with E-state index in [4.69, 9.17) is 19.4 Å². The molecule has 0 spiro atoms. The zero-order valence-corrected chi connectivity index (χ0v) is 22.8. The van der Waals surface area contributed by atoms with Crippen LogP contribution in [0, 0.1) is 0 Å². The van der Waals surface area contributed by atoms with E-state index < -0.39 is 0 Å². The normalized spacial score (nSPS) is 13.8. The van der Waals surface area contributed by atoms with Crippen molar-refractivity contribution in [2.75, 3.05) is 0 Å². The molecule has 198 valence electrons. The van der Waals surface area contributed by atoms with Gasteiger partial charge in [0.1, 0.15) is 11.2 Å².